The van der Waals surface area contributed by atoms with Crippen molar-refractivity contribution in [2.24, 2.45) is 0 Å². The minimum absolute atomic E-state index is 0.0522. The molecule has 1 unspecified atom stereocenters. The van der Waals surface area contributed by atoms with Crippen molar-refractivity contribution < 1.29 is 9.53 Å². The van der Waals surface area contributed by atoms with E-state index in [1.54, 1.807) is 7.11 Å². The van der Waals surface area contributed by atoms with E-state index in [1.807, 2.05) is 59.5 Å². The molecule has 112 valence electrons. The van der Waals surface area contributed by atoms with Crippen LogP contribution in [0, 0.1) is 0 Å². The van der Waals surface area contributed by atoms with Crippen molar-refractivity contribution in [3.8, 4) is 5.75 Å². The fraction of sp³-hybridized carbons (Fsp3) is 0.176. The number of methoxy groups -OCH3 is 1. The Bertz CT molecular complexity index is 686. The highest BCUT2D eigenvalue weighted by atomic mass is 32.1. The molecular formula is C17H16N2O2S. The van der Waals surface area contributed by atoms with Gasteiger partial charge in [0.25, 0.3) is 0 Å². The predicted molar refractivity (Wildman–Crippen MR) is 90.0 cm³/mol. The van der Waals surface area contributed by atoms with Gasteiger partial charge in [-0.05, 0) is 42.0 Å². The molecule has 1 heterocycles. The lowest BCUT2D eigenvalue weighted by Gasteiger charge is -2.37. The van der Waals surface area contributed by atoms with Gasteiger partial charge in [-0.15, -0.1) is 0 Å². The standard InChI is InChI=1S/C17H16N2O2S/c1-21-14-9-7-13(8-10-14)19-15(11-16(20)18-17(19)22)12-5-3-2-4-6-12/h2-10,15H,11H2,1H3,(H,18,20,22). The zero-order valence-electron chi connectivity index (χ0n) is 12.2. The first-order valence-corrected chi connectivity index (χ1v) is 7.42. The number of ether oxygens (including phenoxy) is 1. The molecule has 22 heavy (non-hydrogen) atoms. The van der Waals surface area contributed by atoms with Gasteiger partial charge in [0.05, 0.1) is 19.6 Å². The van der Waals surface area contributed by atoms with Crippen LogP contribution in [0.1, 0.15) is 18.0 Å². The fourth-order valence-corrected chi connectivity index (χ4v) is 2.97. The number of carbonyl (C=O) groups is 1. The number of nitrogens with one attached hydrogen (secondary N) is 1. The molecule has 4 nitrogen and oxygen atoms in total. The summed E-state index contributed by atoms with van der Waals surface area (Å²) in [6.45, 7) is 0. The SMILES string of the molecule is COc1ccc(N2C(=S)NC(=O)CC2c2ccccc2)cc1. The molecule has 0 aromatic heterocycles. The van der Waals surface area contributed by atoms with E-state index in [2.05, 4.69) is 5.32 Å². The molecule has 3 rings (SSSR count). The van der Waals surface area contributed by atoms with Crippen LogP contribution in [-0.2, 0) is 4.79 Å². The van der Waals surface area contributed by atoms with E-state index in [4.69, 9.17) is 17.0 Å². The van der Waals surface area contributed by atoms with Crippen LogP contribution < -0.4 is 15.0 Å². The zero-order valence-corrected chi connectivity index (χ0v) is 13.0. The Balaban J connectivity index is 2.00. The van der Waals surface area contributed by atoms with Crippen LogP contribution >= 0.6 is 12.2 Å². The van der Waals surface area contributed by atoms with Crippen LogP contribution in [-0.4, -0.2) is 18.1 Å². The molecule has 0 saturated carbocycles. The molecule has 1 aliphatic rings. The Labute approximate surface area is 134 Å². The van der Waals surface area contributed by atoms with Crippen molar-refractivity contribution in [1.29, 1.82) is 0 Å². The van der Waals surface area contributed by atoms with E-state index in [0.717, 1.165) is 17.0 Å². The van der Waals surface area contributed by atoms with Gasteiger partial charge in [0.2, 0.25) is 5.91 Å². The van der Waals surface area contributed by atoms with E-state index in [9.17, 15) is 4.79 Å². The maximum atomic E-state index is 11.9. The maximum Gasteiger partial charge on any atom is 0.228 e. The monoisotopic (exact) mass is 312 g/mol. The largest absolute Gasteiger partial charge is 0.497 e. The molecule has 1 saturated heterocycles. The van der Waals surface area contributed by atoms with E-state index < -0.39 is 0 Å². The van der Waals surface area contributed by atoms with Crippen molar-refractivity contribution in [3.05, 3.63) is 60.2 Å². The number of nitrogens with zero attached hydrogens (tertiary/aromatic N) is 1. The molecule has 1 amide bonds. The lowest BCUT2D eigenvalue weighted by Crippen LogP contribution is -2.51. The molecule has 2 aromatic rings. The highest BCUT2D eigenvalue weighted by Crippen LogP contribution is 2.33. The summed E-state index contributed by atoms with van der Waals surface area (Å²) < 4.78 is 5.19. The molecule has 5 heteroatoms. The van der Waals surface area contributed by atoms with Crippen molar-refractivity contribution in [3.63, 3.8) is 0 Å². The number of benzene rings is 2. The van der Waals surface area contributed by atoms with Gasteiger partial charge in [0.1, 0.15) is 5.75 Å². The molecule has 0 radical (unpaired) electrons. The molecule has 1 fully saturated rings. The van der Waals surface area contributed by atoms with Gasteiger partial charge in [-0.1, -0.05) is 30.3 Å². The minimum atomic E-state index is -0.101. The molecule has 0 spiro atoms. The van der Waals surface area contributed by atoms with Gasteiger partial charge in [0, 0.05) is 5.69 Å². The molecule has 0 aliphatic carbocycles. The number of amides is 1. The second-order valence-corrected chi connectivity index (χ2v) is 5.44. The molecule has 2 aromatic carbocycles. The Morgan fingerprint density at radius 1 is 1.14 bits per heavy atom. The fourth-order valence-electron chi connectivity index (χ4n) is 2.62. The van der Waals surface area contributed by atoms with E-state index >= 15 is 0 Å². The summed E-state index contributed by atoms with van der Waals surface area (Å²) in [7, 11) is 1.63. The second kappa shape index (κ2) is 6.15. The van der Waals surface area contributed by atoms with Crippen LogP contribution in [0.15, 0.2) is 54.6 Å². The van der Waals surface area contributed by atoms with Gasteiger partial charge >= 0.3 is 0 Å². The summed E-state index contributed by atoms with van der Waals surface area (Å²) in [5, 5.41) is 3.17. The third kappa shape index (κ3) is 2.80. The quantitative estimate of drug-likeness (QED) is 0.885. The van der Waals surface area contributed by atoms with Crippen LogP contribution in [0.2, 0.25) is 0 Å². The van der Waals surface area contributed by atoms with E-state index in [-0.39, 0.29) is 11.9 Å². The highest BCUT2D eigenvalue weighted by molar-refractivity contribution is 7.80. The first-order chi connectivity index (χ1) is 10.7. The number of anilines is 1. The summed E-state index contributed by atoms with van der Waals surface area (Å²) >= 11 is 5.39. The number of hydrogen-bond acceptors (Lipinski definition) is 3. The third-order valence-electron chi connectivity index (χ3n) is 3.69. The van der Waals surface area contributed by atoms with Gasteiger partial charge in [-0.3, -0.25) is 4.79 Å². The molecular weight excluding hydrogens is 296 g/mol. The number of carbonyl (C=O) groups excluding carboxylic acids is 1. The Hall–Kier alpha value is -2.40. The predicted octanol–water partition coefficient (Wildman–Crippen LogP) is 3.05. The van der Waals surface area contributed by atoms with Gasteiger partial charge in [0.15, 0.2) is 5.11 Å². The van der Waals surface area contributed by atoms with Crippen LogP contribution in [0.25, 0.3) is 0 Å². The summed E-state index contributed by atoms with van der Waals surface area (Å²) in [6.07, 6.45) is 0.371. The third-order valence-corrected chi connectivity index (χ3v) is 3.99. The minimum Gasteiger partial charge on any atom is -0.497 e. The summed E-state index contributed by atoms with van der Waals surface area (Å²) in [4.78, 5) is 13.9. The number of thiocarbonyl (C=S) groups is 1. The van der Waals surface area contributed by atoms with Gasteiger partial charge in [-0.2, -0.15) is 0 Å². The first-order valence-electron chi connectivity index (χ1n) is 7.01. The van der Waals surface area contributed by atoms with Crippen molar-refractivity contribution in [1.82, 2.24) is 5.32 Å². The highest BCUT2D eigenvalue weighted by Gasteiger charge is 2.32. The summed E-state index contributed by atoms with van der Waals surface area (Å²) in [5.41, 5.74) is 2.00. The lowest BCUT2D eigenvalue weighted by atomic mass is 9.99. The van der Waals surface area contributed by atoms with E-state index in [0.29, 0.717) is 11.5 Å². The molecule has 1 N–H and O–H groups in total. The smallest absolute Gasteiger partial charge is 0.228 e. The van der Waals surface area contributed by atoms with Crippen LogP contribution in [0.4, 0.5) is 5.69 Å². The Morgan fingerprint density at radius 3 is 2.45 bits per heavy atom. The van der Waals surface area contributed by atoms with E-state index in [1.165, 1.54) is 0 Å². The Morgan fingerprint density at radius 2 is 1.82 bits per heavy atom. The normalized spacial score (nSPS) is 18.0. The van der Waals surface area contributed by atoms with Crippen molar-refractivity contribution in [2.45, 2.75) is 12.5 Å². The number of hydrogen-bond donors (Lipinski definition) is 1. The molecule has 1 atom stereocenters. The summed E-state index contributed by atoms with van der Waals surface area (Å²) in [6, 6.07) is 17.5. The zero-order chi connectivity index (χ0) is 15.5. The van der Waals surface area contributed by atoms with Gasteiger partial charge in [-0.25, -0.2) is 0 Å². The van der Waals surface area contributed by atoms with Gasteiger partial charge < -0.3 is 15.0 Å². The Kier molecular flexibility index (Phi) is 4.06. The maximum absolute atomic E-state index is 11.9. The average Bonchev–Trinajstić information content (AvgIpc) is 2.55. The molecule has 1 aliphatic heterocycles. The van der Waals surface area contributed by atoms with Crippen LogP contribution in [0.3, 0.4) is 0 Å². The summed E-state index contributed by atoms with van der Waals surface area (Å²) in [5.74, 6) is 0.732. The lowest BCUT2D eigenvalue weighted by molar-refractivity contribution is -0.120. The second-order valence-electron chi connectivity index (χ2n) is 5.05. The first kappa shape index (κ1) is 14.5. The average molecular weight is 312 g/mol. The van der Waals surface area contributed by atoms with Crippen molar-refractivity contribution in [2.75, 3.05) is 12.0 Å². The molecule has 0 bridgehead atoms. The topological polar surface area (TPSA) is 41.6 Å². The van der Waals surface area contributed by atoms with Crippen LogP contribution in [0.5, 0.6) is 5.75 Å². The number of rotatable bonds is 3. The van der Waals surface area contributed by atoms with Crippen molar-refractivity contribution >= 4 is 28.9 Å².